The number of nitrogens with one attached hydrogen (secondary N) is 1. The molecule has 1 aromatic carbocycles. The fraction of sp³-hybridized carbons (Fsp3) is 0.435. The van der Waals surface area contributed by atoms with Crippen molar-refractivity contribution in [2.75, 3.05) is 32.6 Å². The molecule has 0 atom stereocenters. The van der Waals surface area contributed by atoms with Crippen molar-refractivity contribution in [2.45, 2.75) is 32.7 Å². The number of aryl methyl sites for hydroxylation is 1. The molecule has 0 bridgehead atoms. The van der Waals surface area contributed by atoms with Crippen LogP contribution in [0.1, 0.15) is 24.0 Å². The highest BCUT2D eigenvalue weighted by atomic mass is 19.1. The highest BCUT2D eigenvalue weighted by molar-refractivity contribution is 5.64. The molecule has 158 valence electrons. The number of likely N-dealkylation sites (N-methyl/N-ethyl adjacent to an activating group) is 1. The first-order valence-corrected chi connectivity index (χ1v) is 10.4. The van der Waals surface area contributed by atoms with Crippen molar-refractivity contribution in [3.8, 4) is 11.3 Å². The highest BCUT2D eigenvalue weighted by Gasteiger charge is 2.43. The molecule has 0 amide bonds. The second-order valence-corrected chi connectivity index (χ2v) is 8.66. The molecule has 0 spiro atoms. The normalized spacial score (nSPS) is 14.8. The Balaban J connectivity index is 1.46. The highest BCUT2D eigenvalue weighted by Crippen LogP contribution is 2.47. The summed E-state index contributed by atoms with van der Waals surface area (Å²) in [7, 11) is 4.16. The molecule has 1 N–H and O–H groups in total. The fourth-order valence-corrected chi connectivity index (χ4v) is 3.46. The van der Waals surface area contributed by atoms with Crippen molar-refractivity contribution < 1.29 is 4.39 Å². The first-order chi connectivity index (χ1) is 14.5. The molecule has 0 unspecified atom stereocenters. The maximum Gasteiger partial charge on any atom is 0.227 e. The van der Waals surface area contributed by atoms with Crippen molar-refractivity contribution in [3.63, 3.8) is 0 Å². The number of alkyl halides is 1. The SMILES string of the molecule is Cc1cnc(Nc2ccc(CCN(C)C)cc2)nc1-c1cnn(CC2(CF)CC2)c1. The van der Waals surface area contributed by atoms with E-state index in [1.54, 1.807) is 6.20 Å². The van der Waals surface area contributed by atoms with Gasteiger partial charge >= 0.3 is 0 Å². The van der Waals surface area contributed by atoms with Gasteiger partial charge in [-0.05, 0) is 63.5 Å². The van der Waals surface area contributed by atoms with Crippen LogP contribution in [-0.2, 0) is 13.0 Å². The molecule has 30 heavy (non-hydrogen) atoms. The average molecular weight is 409 g/mol. The van der Waals surface area contributed by atoms with Gasteiger partial charge in [0.25, 0.3) is 0 Å². The number of rotatable bonds is 9. The quantitative estimate of drug-likeness (QED) is 0.574. The van der Waals surface area contributed by atoms with Crippen molar-refractivity contribution >= 4 is 11.6 Å². The maximum absolute atomic E-state index is 13.2. The lowest BCUT2D eigenvalue weighted by Crippen LogP contribution is -2.14. The summed E-state index contributed by atoms with van der Waals surface area (Å²) in [6, 6.07) is 8.36. The fourth-order valence-electron chi connectivity index (χ4n) is 3.46. The van der Waals surface area contributed by atoms with Crippen LogP contribution >= 0.6 is 0 Å². The Labute approximate surface area is 177 Å². The molecular formula is C23H29FN6. The van der Waals surface area contributed by atoms with Gasteiger partial charge in [-0.1, -0.05) is 12.1 Å². The van der Waals surface area contributed by atoms with E-state index in [9.17, 15) is 4.39 Å². The summed E-state index contributed by atoms with van der Waals surface area (Å²) in [4.78, 5) is 11.3. The first-order valence-electron chi connectivity index (χ1n) is 10.4. The van der Waals surface area contributed by atoms with E-state index in [2.05, 4.69) is 58.7 Å². The van der Waals surface area contributed by atoms with Crippen LogP contribution in [0, 0.1) is 12.3 Å². The number of hydrogen-bond acceptors (Lipinski definition) is 5. The molecule has 1 aliphatic rings. The number of benzene rings is 1. The zero-order valence-electron chi connectivity index (χ0n) is 17.9. The van der Waals surface area contributed by atoms with Crippen molar-refractivity contribution in [1.29, 1.82) is 0 Å². The lowest BCUT2D eigenvalue weighted by atomic mass is 10.1. The largest absolute Gasteiger partial charge is 0.324 e. The third-order valence-electron chi connectivity index (χ3n) is 5.67. The van der Waals surface area contributed by atoms with Crippen LogP contribution in [0.25, 0.3) is 11.3 Å². The van der Waals surface area contributed by atoms with Gasteiger partial charge in [-0.15, -0.1) is 0 Å². The molecule has 7 heteroatoms. The molecule has 0 aliphatic heterocycles. The molecule has 4 rings (SSSR count). The average Bonchev–Trinajstić information content (AvgIpc) is 3.36. The molecule has 1 aliphatic carbocycles. The van der Waals surface area contributed by atoms with E-state index in [-0.39, 0.29) is 12.1 Å². The minimum Gasteiger partial charge on any atom is -0.324 e. The predicted octanol–water partition coefficient (Wildman–Crippen LogP) is 4.25. The third kappa shape index (κ3) is 4.84. The summed E-state index contributed by atoms with van der Waals surface area (Å²) in [6.45, 7) is 3.35. The molecule has 3 aromatic rings. The molecule has 0 radical (unpaired) electrons. The number of halogens is 1. The smallest absolute Gasteiger partial charge is 0.227 e. The summed E-state index contributed by atoms with van der Waals surface area (Å²) in [5, 5.41) is 7.71. The zero-order valence-corrected chi connectivity index (χ0v) is 17.9. The minimum absolute atomic E-state index is 0.199. The van der Waals surface area contributed by atoms with E-state index < -0.39 is 0 Å². The van der Waals surface area contributed by atoms with Gasteiger partial charge in [-0.25, -0.2) is 9.97 Å². The van der Waals surface area contributed by atoms with Crippen molar-refractivity contribution in [1.82, 2.24) is 24.6 Å². The Kier molecular flexibility index (Phi) is 5.81. The van der Waals surface area contributed by atoms with Crippen LogP contribution in [0.3, 0.4) is 0 Å². The monoisotopic (exact) mass is 408 g/mol. The zero-order chi connectivity index (χ0) is 21.1. The Morgan fingerprint density at radius 1 is 1.17 bits per heavy atom. The lowest BCUT2D eigenvalue weighted by molar-refractivity contribution is 0.294. The van der Waals surface area contributed by atoms with Gasteiger partial charge in [-0.3, -0.25) is 9.07 Å². The summed E-state index contributed by atoms with van der Waals surface area (Å²) in [5.74, 6) is 0.548. The number of nitrogens with zero attached hydrogens (tertiary/aromatic N) is 5. The topological polar surface area (TPSA) is 58.9 Å². The summed E-state index contributed by atoms with van der Waals surface area (Å²) >= 11 is 0. The van der Waals surface area contributed by atoms with Crippen LogP contribution in [0.2, 0.25) is 0 Å². The molecule has 0 saturated heterocycles. The minimum atomic E-state index is -0.281. The van der Waals surface area contributed by atoms with E-state index in [0.717, 1.165) is 48.3 Å². The van der Waals surface area contributed by atoms with E-state index in [1.165, 1.54) is 5.56 Å². The van der Waals surface area contributed by atoms with Gasteiger partial charge in [-0.2, -0.15) is 5.10 Å². The Hall–Kier alpha value is -2.80. The molecule has 1 fully saturated rings. The predicted molar refractivity (Wildman–Crippen MR) is 118 cm³/mol. The lowest BCUT2D eigenvalue weighted by Gasteiger charge is -2.11. The number of anilines is 2. The van der Waals surface area contributed by atoms with Gasteiger partial charge in [0.1, 0.15) is 0 Å². The van der Waals surface area contributed by atoms with Gasteiger partial charge in [0.05, 0.1) is 18.6 Å². The summed E-state index contributed by atoms with van der Waals surface area (Å²) in [5.41, 5.74) is 4.79. The van der Waals surface area contributed by atoms with Crippen LogP contribution in [0.5, 0.6) is 0 Å². The molecule has 6 nitrogen and oxygen atoms in total. The number of aromatic nitrogens is 4. The molecular weight excluding hydrogens is 379 g/mol. The first kappa shape index (κ1) is 20.5. The Morgan fingerprint density at radius 3 is 2.60 bits per heavy atom. The second-order valence-electron chi connectivity index (χ2n) is 8.66. The van der Waals surface area contributed by atoms with E-state index in [1.807, 2.05) is 24.0 Å². The van der Waals surface area contributed by atoms with E-state index in [0.29, 0.717) is 12.5 Å². The van der Waals surface area contributed by atoms with Gasteiger partial charge in [0.15, 0.2) is 0 Å². The van der Waals surface area contributed by atoms with Crippen LogP contribution in [0.4, 0.5) is 16.0 Å². The number of hydrogen-bond donors (Lipinski definition) is 1. The standard InChI is InChI=1S/C23H29FN6/c1-17-12-25-22(27-20-6-4-18(5-7-20)8-11-29(2)3)28-21(17)19-13-26-30(14-19)16-23(15-24)9-10-23/h4-7,12-14H,8-11,15-16H2,1-3H3,(H,25,27,28). The van der Waals surface area contributed by atoms with Crippen LogP contribution in [-0.4, -0.2) is 52.0 Å². The third-order valence-corrected chi connectivity index (χ3v) is 5.67. The van der Waals surface area contributed by atoms with Crippen LogP contribution in [0.15, 0.2) is 42.9 Å². The van der Waals surface area contributed by atoms with Crippen LogP contribution < -0.4 is 5.32 Å². The second kappa shape index (κ2) is 8.52. The van der Waals surface area contributed by atoms with E-state index >= 15 is 0 Å². The summed E-state index contributed by atoms with van der Waals surface area (Å²) in [6.07, 6.45) is 8.46. The maximum atomic E-state index is 13.2. The van der Waals surface area contributed by atoms with Gasteiger partial charge in [0, 0.05) is 42.1 Å². The molecule has 1 saturated carbocycles. The molecule has 2 heterocycles. The van der Waals surface area contributed by atoms with Gasteiger partial charge < -0.3 is 10.2 Å². The van der Waals surface area contributed by atoms with Crippen molar-refractivity contribution in [2.24, 2.45) is 5.41 Å². The van der Waals surface area contributed by atoms with E-state index in [4.69, 9.17) is 4.98 Å². The Bertz CT molecular complexity index is 991. The van der Waals surface area contributed by atoms with Gasteiger partial charge in [0.2, 0.25) is 5.95 Å². The summed E-state index contributed by atoms with van der Waals surface area (Å²) < 4.78 is 15.0. The molecule has 2 aromatic heterocycles. The van der Waals surface area contributed by atoms with Crippen molar-refractivity contribution in [3.05, 3.63) is 54.0 Å². The Morgan fingerprint density at radius 2 is 1.93 bits per heavy atom.